The Morgan fingerprint density at radius 2 is 1.95 bits per heavy atom. The van der Waals surface area contributed by atoms with Crippen LogP contribution in [0.5, 0.6) is 0 Å². The number of halogens is 2. The van der Waals surface area contributed by atoms with Gasteiger partial charge in [0.25, 0.3) is 0 Å². The highest BCUT2D eigenvalue weighted by atomic mass is 35.5. The minimum Gasteiger partial charge on any atom is -0.462 e. The van der Waals surface area contributed by atoms with E-state index >= 15 is 0 Å². The largest absolute Gasteiger partial charge is 0.462 e. The van der Waals surface area contributed by atoms with E-state index in [-0.39, 0.29) is 22.2 Å². The quantitative estimate of drug-likeness (QED) is 0.835. The molecule has 0 aliphatic rings. The highest BCUT2D eigenvalue weighted by Crippen LogP contribution is 2.30. The molecule has 0 aliphatic carbocycles. The molecule has 1 aromatic carbocycles. The number of nitrogens with two attached hydrogens (primary N) is 1. The summed E-state index contributed by atoms with van der Waals surface area (Å²) in [6, 6.07) is 2.30. The first-order valence-electron chi connectivity index (χ1n) is 5.82. The molecule has 1 aromatic rings. The van der Waals surface area contributed by atoms with Crippen molar-refractivity contribution in [2.45, 2.75) is 25.2 Å². The van der Waals surface area contributed by atoms with Crippen molar-refractivity contribution in [1.29, 1.82) is 0 Å². The van der Waals surface area contributed by atoms with Crippen LogP contribution in [0.2, 0.25) is 10.0 Å². The van der Waals surface area contributed by atoms with Crippen molar-refractivity contribution >= 4 is 39.2 Å². The third-order valence-electron chi connectivity index (χ3n) is 2.47. The van der Waals surface area contributed by atoms with E-state index in [0.29, 0.717) is 12.3 Å². The Bertz CT molecular complexity index is 614. The van der Waals surface area contributed by atoms with Gasteiger partial charge >= 0.3 is 5.97 Å². The number of benzene rings is 1. The Balaban J connectivity index is 3.03. The molecule has 0 aliphatic heterocycles. The highest BCUT2D eigenvalue weighted by Gasteiger charge is 2.20. The van der Waals surface area contributed by atoms with Gasteiger partial charge in [-0.05, 0) is 24.5 Å². The second-order valence-electron chi connectivity index (χ2n) is 4.63. The maximum Gasteiger partial charge on any atom is 0.338 e. The van der Waals surface area contributed by atoms with E-state index < -0.39 is 20.9 Å². The van der Waals surface area contributed by atoms with Crippen LogP contribution >= 0.6 is 23.2 Å². The van der Waals surface area contributed by atoms with Gasteiger partial charge in [0, 0.05) is 0 Å². The topological polar surface area (TPSA) is 86.5 Å². The number of carbonyl (C=O) groups excluding carboxylic acids is 1. The van der Waals surface area contributed by atoms with Gasteiger partial charge in [0.1, 0.15) is 4.90 Å². The molecule has 0 atom stereocenters. The molecule has 2 N–H and O–H groups in total. The van der Waals surface area contributed by atoms with Crippen LogP contribution in [0.4, 0.5) is 0 Å². The molecule has 20 heavy (non-hydrogen) atoms. The summed E-state index contributed by atoms with van der Waals surface area (Å²) in [7, 11) is -4.07. The lowest BCUT2D eigenvalue weighted by atomic mass is 10.1. The van der Waals surface area contributed by atoms with Gasteiger partial charge in [0.05, 0.1) is 22.2 Å². The zero-order valence-corrected chi connectivity index (χ0v) is 13.3. The van der Waals surface area contributed by atoms with E-state index in [1.165, 1.54) is 6.07 Å². The van der Waals surface area contributed by atoms with Crippen LogP contribution < -0.4 is 5.14 Å². The molecule has 0 bridgehead atoms. The van der Waals surface area contributed by atoms with Crippen molar-refractivity contribution in [2.24, 2.45) is 11.1 Å². The van der Waals surface area contributed by atoms with Crippen molar-refractivity contribution in [1.82, 2.24) is 0 Å². The molecule has 0 spiro atoms. The van der Waals surface area contributed by atoms with Crippen molar-refractivity contribution < 1.29 is 17.9 Å². The van der Waals surface area contributed by atoms with Gasteiger partial charge in [-0.2, -0.15) is 0 Å². The van der Waals surface area contributed by atoms with Crippen LogP contribution in [-0.2, 0) is 14.8 Å². The minimum atomic E-state index is -4.07. The first-order chi connectivity index (χ1) is 9.12. The second-order valence-corrected chi connectivity index (χ2v) is 6.95. The summed E-state index contributed by atoms with van der Waals surface area (Å²) in [4.78, 5) is 11.4. The molecular formula is C12H15Cl2NO4S. The Kier molecular flexibility index (Phi) is 5.82. The van der Waals surface area contributed by atoms with Gasteiger partial charge in [-0.15, -0.1) is 0 Å². The molecule has 5 nitrogen and oxygen atoms in total. The molecule has 0 amide bonds. The van der Waals surface area contributed by atoms with Crippen LogP contribution in [0.1, 0.15) is 30.6 Å². The van der Waals surface area contributed by atoms with Crippen molar-refractivity contribution in [3.63, 3.8) is 0 Å². The fourth-order valence-corrected chi connectivity index (χ4v) is 2.72. The maximum absolute atomic E-state index is 11.8. The summed E-state index contributed by atoms with van der Waals surface area (Å²) < 4.78 is 27.8. The second kappa shape index (κ2) is 6.76. The normalized spacial score (nSPS) is 11.7. The van der Waals surface area contributed by atoms with Crippen molar-refractivity contribution in [3.05, 3.63) is 27.7 Å². The van der Waals surface area contributed by atoms with Crippen LogP contribution in [0.25, 0.3) is 0 Å². The molecule has 112 valence electrons. The number of sulfonamides is 1. The van der Waals surface area contributed by atoms with Gasteiger partial charge in [-0.25, -0.2) is 18.4 Å². The Morgan fingerprint density at radius 1 is 1.35 bits per heavy atom. The van der Waals surface area contributed by atoms with Crippen LogP contribution in [-0.4, -0.2) is 21.0 Å². The number of primary sulfonamides is 1. The minimum absolute atomic E-state index is 0.00724. The smallest absolute Gasteiger partial charge is 0.338 e. The fraction of sp³-hybridized carbons (Fsp3) is 0.417. The predicted molar refractivity (Wildman–Crippen MR) is 77.6 cm³/mol. The van der Waals surface area contributed by atoms with Gasteiger partial charge < -0.3 is 4.74 Å². The molecular weight excluding hydrogens is 325 g/mol. The SMILES string of the molecule is CC(C)CCOC(=O)c1cc(Cl)c(Cl)c(S(N)(=O)=O)c1. The van der Waals surface area contributed by atoms with E-state index in [1.807, 2.05) is 13.8 Å². The summed E-state index contributed by atoms with van der Waals surface area (Å²) in [5, 5.41) is 4.72. The molecule has 0 aromatic heterocycles. The number of carbonyl (C=O) groups is 1. The van der Waals surface area contributed by atoms with E-state index in [9.17, 15) is 13.2 Å². The zero-order chi connectivity index (χ0) is 15.5. The molecule has 1 rings (SSSR count). The number of hydrogen-bond acceptors (Lipinski definition) is 4. The average molecular weight is 340 g/mol. The lowest BCUT2D eigenvalue weighted by molar-refractivity contribution is 0.0488. The molecule has 0 radical (unpaired) electrons. The summed E-state index contributed by atoms with van der Waals surface area (Å²) in [6.07, 6.45) is 0.703. The number of rotatable bonds is 5. The standard InChI is InChI=1S/C12H15Cl2NO4S/c1-7(2)3-4-19-12(16)8-5-9(13)11(14)10(6-8)20(15,17)18/h5-7H,3-4H2,1-2H3,(H2,15,17,18). The summed E-state index contributed by atoms with van der Waals surface area (Å²) in [6.45, 7) is 4.22. The lowest BCUT2D eigenvalue weighted by Crippen LogP contribution is -2.15. The Hall–Kier alpha value is -0.820. The molecule has 0 fully saturated rings. The zero-order valence-electron chi connectivity index (χ0n) is 11.0. The summed E-state index contributed by atoms with van der Waals surface area (Å²) in [5.74, 6) is -0.286. The van der Waals surface area contributed by atoms with Gasteiger partial charge in [-0.3, -0.25) is 0 Å². The average Bonchev–Trinajstić information content (AvgIpc) is 2.30. The van der Waals surface area contributed by atoms with E-state index in [0.717, 1.165) is 6.07 Å². The fourth-order valence-electron chi connectivity index (χ4n) is 1.36. The Labute approximate surface area is 128 Å². The van der Waals surface area contributed by atoms with Gasteiger partial charge in [0.15, 0.2) is 0 Å². The van der Waals surface area contributed by atoms with E-state index in [1.54, 1.807) is 0 Å². The molecule has 0 saturated carbocycles. The summed E-state index contributed by atoms with van der Waals surface area (Å²) in [5.41, 5.74) is -0.00724. The van der Waals surface area contributed by atoms with Gasteiger partial charge in [-0.1, -0.05) is 37.0 Å². The number of hydrogen-bond donors (Lipinski definition) is 1. The predicted octanol–water partition coefficient (Wildman–Crippen LogP) is 2.84. The first-order valence-corrected chi connectivity index (χ1v) is 8.12. The van der Waals surface area contributed by atoms with Crippen molar-refractivity contribution in [3.8, 4) is 0 Å². The maximum atomic E-state index is 11.8. The van der Waals surface area contributed by atoms with Gasteiger partial charge in [0.2, 0.25) is 10.0 Å². The van der Waals surface area contributed by atoms with Crippen LogP contribution in [0.3, 0.4) is 0 Å². The molecule has 0 saturated heterocycles. The van der Waals surface area contributed by atoms with Crippen LogP contribution in [0, 0.1) is 5.92 Å². The molecule has 8 heteroatoms. The third kappa shape index (κ3) is 4.63. The highest BCUT2D eigenvalue weighted by molar-refractivity contribution is 7.89. The third-order valence-corrected chi connectivity index (χ3v) is 4.31. The molecule has 0 unspecified atom stereocenters. The number of esters is 1. The number of ether oxygens (including phenoxy) is 1. The first kappa shape index (κ1) is 17.2. The summed E-state index contributed by atoms with van der Waals surface area (Å²) >= 11 is 11.6. The van der Waals surface area contributed by atoms with Crippen LogP contribution in [0.15, 0.2) is 17.0 Å². The van der Waals surface area contributed by atoms with Crippen molar-refractivity contribution in [2.75, 3.05) is 6.61 Å². The van der Waals surface area contributed by atoms with E-state index in [4.69, 9.17) is 33.1 Å². The van der Waals surface area contributed by atoms with E-state index in [2.05, 4.69) is 0 Å². The monoisotopic (exact) mass is 339 g/mol. The Morgan fingerprint density at radius 3 is 2.45 bits per heavy atom. The lowest BCUT2D eigenvalue weighted by Gasteiger charge is -2.09. The molecule has 0 heterocycles.